The van der Waals surface area contributed by atoms with Crippen molar-refractivity contribution in [3.05, 3.63) is 30.1 Å². The van der Waals surface area contributed by atoms with E-state index in [1.54, 1.807) is 25.7 Å². The van der Waals surface area contributed by atoms with Crippen LogP contribution < -0.4 is 14.4 Å². The van der Waals surface area contributed by atoms with Crippen LogP contribution >= 0.6 is 0 Å². The number of nitrogens with zero attached hydrogens (tertiary/aromatic N) is 4. The van der Waals surface area contributed by atoms with Gasteiger partial charge in [-0.05, 0) is 52.3 Å². The maximum absolute atomic E-state index is 13.7. The summed E-state index contributed by atoms with van der Waals surface area (Å²) in [7, 11) is -4.41. The van der Waals surface area contributed by atoms with Crippen molar-refractivity contribution in [2.75, 3.05) is 29.3 Å². The Bertz CT molecular complexity index is 1300. The van der Waals surface area contributed by atoms with Gasteiger partial charge in [-0.3, -0.25) is 14.4 Å². The van der Waals surface area contributed by atoms with E-state index in [2.05, 4.69) is 10.4 Å². The number of sulfonamides is 1. The fourth-order valence-corrected chi connectivity index (χ4v) is 5.63. The van der Waals surface area contributed by atoms with Gasteiger partial charge in [0.1, 0.15) is 22.4 Å². The summed E-state index contributed by atoms with van der Waals surface area (Å²) in [4.78, 5) is 26.1. The average Bonchev–Trinajstić information content (AvgIpc) is 3.13. The summed E-state index contributed by atoms with van der Waals surface area (Å²) in [5.41, 5.74) is -0.558. The first-order chi connectivity index (χ1) is 17.2. The molecular weight excluding hydrogens is 512 g/mol. The summed E-state index contributed by atoms with van der Waals surface area (Å²) >= 11 is 0. The molecular formula is C23H29F2N5O6S. The SMILES string of the molecule is Cc1nn(C(F)F)cc1S(=O)(=O)N1C[C@H](CC(=O)N2CCC2)Oc2ccc(NC(=O)OC(C)(C)C)cc21. The lowest BCUT2D eigenvalue weighted by molar-refractivity contribution is -0.136. The van der Waals surface area contributed by atoms with E-state index in [-0.39, 0.29) is 46.4 Å². The number of carbonyl (C=O) groups excluding carboxylic acids is 2. The molecule has 1 aromatic heterocycles. The summed E-state index contributed by atoms with van der Waals surface area (Å²) in [6, 6.07) is 4.37. The summed E-state index contributed by atoms with van der Waals surface area (Å²) in [5, 5.41) is 6.17. The number of rotatable bonds is 6. The van der Waals surface area contributed by atoms with E-state index in [4.69, 9.17) is 9.47 Å². The standard InChI is InChI=1S/C23H29F2N5O6S/c1-14-19(13-29(27-14)21(24)25)37(33,34)30-12-16(11-20(31)28-8-5-9-28)35-18-7-6-15(10-17(18)30)26-22(32)36-23(2,3)4/h6-7,10,13,16,21H,5,8-9,11-12H2,1-4H3,(H,26,32)/t16-/m0/s1. The van der Waals surface area contributed by atoms with Crippen molar-refractivity contribution in [1.82, 2.24) is 14.7 Å². The van der Waals surface area contributed by atoms with Crippen LogP contribution in [0.15, 0.2) is 29.3 Å². The van der Waals surface area contributed by atoms with E-state index >= 15 is 0 Å². The number of hydrogen-bond donors (Lipinski definition) is 1. The normalized spacial score (nSPS) is 17.6. The van der Waals surface area contributed by atoms with E-state index in [1.807, 2.05) is 0 Å². The largest absolute Gasteiger partial charge is 0.486 e. The number of aryl methyl sites for hydroxylation is 1. The molecule has 0 bridgehead atoms. The van der Waals surface area contributed by atoms with Crippen molar-refractivity contribution in [1.29, 1.82) is 0 Å². The Hall–Kier alpha value is -3.42. The highest BCUT2D eigenvalue weighted by Gasteiger charge is 2.38. The highest BCUT2D eigenvalue weighted by atomic mass is 32.2. The van der Waals surface area contributed by atoms with E-state index in [0.717, 1.165) is 16.9 Å². The van der Waals surface area contributed by atoms with Gasteiger partial charge in [-0.2, -0.15) is 13.9 Å². The lowest BCUT2D eigenvalue weighted by atomic mass is 10.1. The molecule has 2 amide bonds. The Kier molecular flexibility index (Phi) is 7.06. The number of aromatic nitrogens is 2. The molecule has 1 aromatic carbocycles. The minimum absolute atomic E-state index is 0.0569. The van der Waals surface area contributed by atoms with E-state index in [9.17, 15) is 26.8 Å². The third-order valence-corrected chi connectivity index (χ3v) is 7.67. The third kappa shape index (κ3) is 5.78. The van der Waals surface area contributed by atoms with E-state index < -0.39 is 39.3 Å². The third-order valence-electron chi connectivity index (χ3n) is 5.79. The molecule has 11 nitrogen and oxygen atoms in total. The van der Waals surface area contributed by atoms with Crippen molar-refractivity contribution in [3.8, 4) is 5.75 Å². The van der Waals surface area contributed by atoms with Gasteiger partial charge >= 0.3 is 12.6 Å². The maximum Gasteiger partial charge on any atom is 0.412 e. The summed E-state index contributed by atoms with van der Waals surface area (Å²) in [6.45, 7) is 4.42. The molecule has 202 valence electrons. The Balaban J connectivity index is 1.69. The van der Waals surface area contributed by atoms with Gasteiger partial charge in [0.05, 0.1) is 30.5 Å². The Morgan fingerprint density at radius 1 is 1.27 bits per heavy atom. The number of carbonyl (C=O) groups is 2. The monoisotopic (exact) mass is 541 g/mol. The minimum atomic E-state index is -4.41. The molecule has 1 saturated heterocycles. The molecule has 4 rings (SSSR count). The molecule has 0 radical (unpaired) electrons. The Morgan fingerprint density at radius 2 is 1.97 bits per heavy atom. The van der Waals surface area contributed by atoms with Crippen molar-refractivity contribution in [2.45, 2.75) is 63.7 Å². The number of likely N-dealkylation sites (tertiary alicyclic amines) is 1. The van der Waals surface area contributed by atoms with Crippen LogP contribution in [0.5, 0.6) is 5.75 Å². The van der Waals surface area contributed by atoms with Crippen LogP contribution in [-0.2, 0) is 19.6 Å². The van der Waals surface area contributed by atoms with Crippen molar-refractivity contribution < 1.29 is 36.3 Å². The van der Waals surface area contributed by atoms with Crippen molar-refractivity contribution in [3.63, 3.8) is 0 Å². The first-order valence-electron chi connectivity index (χ1n) is 11.7. The molecule has 3 heterocycles. The lowest BCUT2D eigenvalue weighted by Crippen LogP contribution is -2.48. The number of anilines is 2. The number of benzene rings is 1. The highest BCUT2D eigenvalue weighted by molar-refractivity contribution is 7.92. The highest BCUT2D eigenvalue weighted by Crippen LogP contribution is 2.40. The molecule has 37 heavy (non-hydrogen) atoms. The molecule has 1 fully saturated rings. The molecule has 1 N–H and O–H groups in total. The van der Waals surface area contributed by atoms with Crippen LogP contribution in [0.4, 0.5) is 25.0 Å². The molecule has 2 aromatic rings. The summed E-state index contributed by atoms with van der Waals surface area (Å²) in [5.74, 6) is -0.00756. The molecule has 2 aliphatic heterocycles. The van der Waals surface area contributed by atoms with Gasteiger partial charge in [-0.1, -0.05) is 0 Å². The molecule has 0 unspecified atom stereocenters. The van der Waals surface area contributed by atoms with Crippen LogP contribution in [-0.4, -0.2) is 66.4 Å². The second-order valence-electron chi connectivity index (χ2n) is 9.86. The van der Waals surface area contributed by atoms with Gasteiger partial charge in [-0.25, -0.2) is 17.9 Å². The van der Waals surface area contributed by atoms with E-state index in [1.165, 1.54) is 25.1 Å². The van der Waals surface area contributed by atoms with Crippen LogP contribution in [0.1, 0.15) is 45.9 Å². The summed E-state index contributed by atoms with van der Waals surface area (Å²) in [6.07, 6.45) is 0.0595. The van der Waals surface area contributed by atoms with Crippen LogP contribution in [0.25, 0.3) is 0 Å². The quantitative estimate of drug-likeness (QED) is 0.594. The Labute approximate surface area is 213 Å². The number of nitrogens with one attached hydrogen (secondary N) is 1. The molecule has 1 atom stereocenters. The first kappa shape index (κ1) is 26.6. The first-order valence-corrected chi connectivity index (χ1v) is 13.1. The van der Waals surface area contributed by atoms with Gasteiger partial charge in [0.25, 0.3) is 10.0 Å². The number of amides is 2. The van der Waals surface area contributed by atoms with Crippen LogP contribution in [0.3, 0.4) is 0 Å². The van der Waals surface area contributed by atoms with Gasteiger partial charge in [0.15, 0.2) is 0 Å². The minimum Gasteiger partial charge on any atom is -0.486 e. The van der Waals surface area contributed by atoms with Crippen LogP contribution in [0, 0.1) is 6.92 Å². The predicted molar refractivity (Wildman–Crippen MR) is 129 cm³/mol. The zero-order chi connectivity index (χ0) is 27.1. The molecule has 2 aliphatic rings. The van der Waals surface area contributed by atoms with Crippen molar-refractivity contribution in [2.24, 2.45) is 0 Å². The lowest BCUT2D eigenvalue weighted by Gasteiger charge is -2.37. The average molecular weight is 542 g/mol. The molecule has 0 spiro atoms. The van der Waals surface area contributed by atoms with Gasteiger partial charge in [0, 0.05) is 18.8 Å². The van der Waals surface area contributed by atoms with Gasteiger partial charge in [-0.15, -0.1) is 0 Å². The number of hydrogen-bond acceptors (Lipinski definition) is 7. The number of alkyl halides is 2. The predicted octanol–water partition coefficient (Wildman–Crippen LogP) is 3.51. The zero-order valence-electron chi connectivity index (χ0n) is 20.9. The molecule has 0 saturated carbocycles. The van der Waals surface area contributed by atoms with Crippen LogP contribution in [0.2, 0.25) is 0 Å². The van der Waals surface area contributed by atoms with Crippen molar-refractivity contribution >= 4 is 33.4 Å². The fourth-order valence-electron chi connectivity index (χ4n) is 3.97. The van der Waals surface area contributed by atoms with Gasteiger partial charge < -0.3 is 14.4 Å². The zero-order valence-corrected chi connectivity index (χ0v) is 21.7. The number of fused-ring (bicyclic) bond motifs is 1. The fraction of sp³-hybridized carbons (Fsp3) is 0.522. The number of halogens is 2. The maximum atomic E-state index is 13.7. The van der Waals surface area contributed by atoms with E-state index in [0.29, 0.717) is 13.1 Å². The van der Waals surface area contributed by atoms with Gasteiger partial charge in [0.2, 0.25) is 5.91 Å². The Morgan fingerprint density at radius 3 is 2.54 bits per heavy atom. The smallest absolute Gasteiger partial charge is 0.412 e. The topological polar surface area (TPSA) is 123 Å². The second kappa shape index (κ2) is 9.80. The second-order valence-corrected chi connectivity index (χ2v) is 11.7. The molecule has 0 aliphatic carbocycles. The number of ether oxygens (including phenoxy) is 2. The summed E-state index contributed by atoms with van der Waals surface area (Å²) < 4.78 is 66.4. The molecule has 14 heteroatoms.